The Kier molecular flexibility index (Phi) is 5.62. The lowest BCUT2D eigenvalue weighted by molar-refractivity contribution is -0.140. The lowest BCUT2D eigenvalue weighted by Crippen LogP contribution is -2.56. The van der Waals surface area contributed by atoms with Gasteiger partial charge < -0.3 is 19.7 Å². The van der Waals surface area contributed by atoms with Crippen LogP contribution in [0.1, 0.15) is 18.9 Å². The van der Waals surface area contributed by atoms with Gasteiger partial charge >= 0.3 is 0 Å². The Labute approximate surface area is 136 Å². The van der Waals surface area contributed by atoms with Crippen LogP contribution in [0, 0.1) is 0 Å². The minimum absolute atomic E-state index is 0.0939. The zero-order valence-corrected chi connectivity index (χ0v) is 13.7. The third kappa shape index (κ3) is 4.03. The van der Waals surface area contributed by atoms with Crippen molar-refractivity contribution in [3.05, 3.63) is 29.8 Å². The van der Waals surface area contributed by atoms with Gasteiger partial charge in [-0.25, -0.2) is 0 Å². The lowest BCUT2D eigenvalue weighted by atomic mass is 10.1. The molecule has 6 nitrogen and oxygen atoms in total. The molecule has 23 heavy (non-hydrogen) atoms. The number of hydrogen-bond acceptors (Lipinski definition) is 4. The molecule has 0 saturated carbocycles. The Hall–Kier alpha value is -2.50. The van der Waals surface area contributed by atoms with E-state index >= 15 is 0 Å². The van der Waals surface area contributed by atoms with Gasteiger partial charge in [0, 0.05) is 25.2 Å². The van der Waals surface area contributed by atoms with E-state index in [-0.39, 0.29) is 11.8 Å². The van der Waals surface area contributed by atoms with Gasteiger partial charge in [-0.1, -0.05) is 6.92 Å². The molecule has 1 aliphatic heterocycles. The minimum atomic E-state index is -0.402. The normalized spacial score (nSPS) is 18.0. The van der Waals surface area contributed by atoms with Gasteiger partial charge in [-0.15, -0.1) is 0 Å². The highest BCUT2D eigenvalue weighted by Gasteiger charge is 2.30. The second kappa shape index (κ2) is 7.67. The molecule has 0 aromatic heterocycles. The van der Waals surface area contributed by atoms with Crippen LogP contribution in [0.25, 0.3) is 6.08 Å². The highest BCUT2D eigenvalue weighted by atomic mass is 16.5. The van der Waals surface area contributed by atoms with Crippen LogP contribution in [0.15, 0.2) is 24.3 Å². The number of methoxy groups -OCH3 is 2. The molecule has 124 valence electrons. The summed E-state index contributed by atoms with van der Waals surface area (Å²) in [5.41, 5.74) is 0.795. The number of hydrogen-bond donors (Lipinski definition) is 1. The third-order valence-electron chi connectivity index (χ3n) is 3.79. The first-order chi connectivity index (χ1) is 11.1. The number of nitrogens with zero attached hydrogens (tertiary/aromatic N) is 1. The van der Waals surface area contributed by atoms with E-state index in [0.29, 0.717) is 31.0 Å². The SMILES string of the molecule is CCC1C(=O)NCCN1C(=O)C=Cc1cc(OC)cc(OC)c1. The molecule has 6 heteroatoms. The molecule has 1 heterocycles. The summed E-state index contributed by atoms with van der Waals surface area (Å²) in [6.07, 6.45) is 3.78. The van der Waals surface area contributed by atoms with Crippen molar-refractivity contribution in [2.75, 3.05) is 27.3 Å². The van der Waals surface area contributed by atoms with Crippen LogP contribution < -0.4 is 14.8 Å². The summed E-state index contributed by atoms with van der Waals surface area (Å²) < 4.78 is 10.4. The molecule has 1 aromatic rings. The van der Waals surface area contributed by atoms with Crippen molar-refractivity contribution in [2.24, 2.45) is 0 Å². The maximum atomic E-state index is 12.4. The Bertz CT molecular complexity index is 590. The standard InChI is InChI=1S/C17H22N2O4/c1-4-15-17(21)18-7-8-19(15)16(20)6-5-12-9-13(22-2)11-14(10-12)23-3/h5-6,9-11,15H,4,7-8H2,1-3H3,(H,18,21). The maximum Gasteiger partial charge on any atom is 0.247 e. The van der Waals surface area contributed by atoms with E-state index in [9.17, 15) is 9.59 Å². The summed E-state index contributed by atoms with van der Waals surface area (Å²) in [6, 6.07) is 4.99. The fourth-order valence-electron chi connectivity index (χ4n) is 2.57. The first-order valence-corrected chi connectivity index (χ1v) is 7.58. The molecule has 1 unspecified atom stereocenters. The fraction of sp³-hybridized carbons (Fsp3) is 0.412. The van der Waals surface area contributed by atoms with Crippen molar-refractivity contribution in [1.29, 1.82) is 0 Å². The molecule has 1 saturated heterocycles. The van der Waals surface area contributed by atoms with E-state index in [1.165, 1.54) is 6.08 Å². The summed E-state index contributed by atoms with van der Waals surface area (Å²) in [5.74, 6) is 1.04. The maximum absolute atomic E-state index is 12.4. The number of piperazine rings is 1. The first kappa shape index (κ1) is 16.9. The van der Waals surface area contributed by atoms with Crippen molar-refractivity contribution < 1.29 is 19.1 Å². The number of carbonyl (C=O) groups excluding carboxylic acids is 2. The van der Waals surface area contributed by atoms with Crippen LogP contribution >= 0.6 is 0 Å². The van der Waals surface area contributed by atoms with Gasteiger partial charge in [0.25, 0.3) is 0 Å². The molecule has 1 fully saturated rings. The highest BCUT2D eigenvalue weighted by molar-refractivity contribution is 5.96. The first-order valence-electron chi connectivity index (χ1n) is 7.58. The molecule has 2 amide bonds. The smallest absolute Gasteiger partial charge is 0.247 e. The fourth-order valence-corrected chi connectivity index (χ4v) is 2.57. The average Bonchev–Trinajstić information content (AvgIpc) is 2.58. The molecular weight excluding hydrogens is 296 g/mol. The molecule has 1 atom stereocenters. The number of rotatable bonds is 5. The van der Waals surface area contributed by atoms with Gasteiger partial charge in [-0.05, 0) is 30.2 Å². The van der Waals surface area contributed by atoms with Crippen LogP contribution in [0.2, 0.25) is 0 Å². The van der Waals surface area contributed by atoms with Crippen LogP contribution in [0.4, 0.5) is 0 Å². The molecule has 0 aliphatic carbocycles. The van der Waals surface area contributed by atoms with Gasteiger partial charge in [-0.2, -0.15) is 0 Å². The van der Waals surface area contributed by atoms with Gasteiger partial charge in [0.2, 0.25) is 11.8 Å². The van der Waals surface area contributed by atoms with Gasteiger partial charge in [0.05, 0.1) is 14.2 Å². The second-order valence-corrected chi connectivity index (χ2v) is 5.23. The minimum Gasteiger partial charge on any atom is -0.497 e. The topological polar surface area (TPSA) is 67.9 Å². The predicted molar refractivity (Wildman–Crippen MR) is 87.4 cm³/mol. The van der Waals surface area contributed by atoms with Gasteiger partial charge in [0.15, 0.2) is 0 Å². The Balaban J connectivity index is 2.15. The van der Waals surface area contributed by atoms with Gasteiger partial charge in [0.1, 0.15) is 17.5 Å². The molecule has 1 aliphatic rings. The molecule has 1 aromatic carbocycles. The van der Waals surface area contributed by atoms with Crippen molar-refractivity contribution in [3.63, 3.8) is 0 Å². The summed E-state index contributed by atoms with van der Waals surface area (Å²) in [5, 5.41) is 2.78. The number of carbonyl (C=O) groups is 2. The van der Waals surface area contributed by atoms with Crippen LogP contribution in [0.3, 0.4) is 0 Å². The molecule has 1 N–H and O–H groups in total. The summed E-state index contributed by atoms with van der Waals surface area (Å²) in [7, 11) is 3.15. The van der Waals surface area contributed by atoms with Crippen LogP contribution in [0.5, 0.6) is 11.5 Å². The molecular formula is C17H22N2O4. The van der Waals surface area contributed by atoms with E-state index in [1.54, 1.807) is 31.3 Å². The second-order valence-electron chi connectivity index (χ2n) is 5.23. The quantitative estimate of drug-likeness (QED) is 0.835. The number of benzene rings is 1. The number of amides is 2. The zero-order valence-electron chi connectivity index (χ0n) is 13.7. The molecule has 0 radical (unpaired) electrons. The van der Waals surface area contributed by atoms with E-state index < -0.39 is 6.04 Å². The summed E-state index contributed by atoms with van der Waals surface area (Å²) in [6.45, 7) is 2.91. The molecule has 2 rings (SSSR count). The zero-order chi connectivity index (χ0) is 16.8. The largest absolute Gasteiger partial charge is 0.497 e. The summed E-state index contributed by atoms with van der Waals surface area (Å²) >= 11 is 0. The van der Waals surface area contributed by atoms with Crippen LogP contribution in [-0.2, 0) is 9.59 Å². The van der Waals surface area contributed by atoms with E-state index in [0.717, 1.165) is 5.56 Å². The van der Waals surface area contributed by atoms with Crippen molar-refractivity contribution in [2.45, 2.75) is 19.4 Å². The highest BCUT2D eigenvalue weighted by Crippen LogP contribution is 2.23. The monoisotopic (exact) mass is 318 g/mol. The van der Waals surface area contributed by atoms with Crippen molar-refractivity contribution >= 4 is 17.9 Å². The van der Waals surface area contributed by atoms with E-state index in [4.69, 9.17) is 9.47 Å². The van der Waals surface area contributed by atoms with E-state index in [2.05, 4.69) is 5.32 Å². The predicted octanol–water partition coefficient (Wildman–Crippen LogP) is 1.45. The summed E-state index contributed by atoms with van der Waals surface area (Å²) in [4.78, 5) is 25.8. The van der Waals surface area contributed by atoms with Gasteiger partial charge in [-0.3, -0.25) is 9.59 Å². The van der Waals surface area contributed by atoms with Crippen molar-refractivity contribution in [3.8, 4) is 11.5 Å². The van der Waals surface area contributed by atoms with Crippen LogP contribution in [-0.4, -0.2) is 50.1 Å². The Morgan fingerprint density at radius 3 is 2.52 bits per heavy atom. The Morgan fingerprint density at radius 2 is 1.96 bits per heavy atom. The average molecular weight is 318 g/mol. The van der Waals surface area contributed by atoms with E-state index in [1.807, 2.05) is 19.1 Å². The lowest BCUT2D eigenvalue weighted by Gasteiger charge is -2.33. The third-order valence-corrected chi connectivity index (χ3v) is 3.79. The molecule has 0 spiro atoms. The molecule has 0 bridgehead atoms. The number of nitrogens with one attached hydrogen (secondary N) is 1. The van der Waals surface area contributed by atoms with Crippen molar-refractivity contribution in [1.82, 2.24) is 10.2 Å². The number of ether oxygens (including phenoxy) is 2. The Morgan fingerprint density at radius 1 is 1.30 bits per heavy atom.